The maximum atomic E-state index is 13.0. The third-order valence-corrected chi connectivity index (χ3v) is 5.80. The zero-order chi connectivity index (χ0) is 23.5. The van der Waals surface area contributed by atoms with Gasteiger partial charge in [-0.15, -0.1) is 0 Å². The summed E-state index contributed by atoms with van der Waals surface area (Å²) in [7, 11) is 3.11. The zero-order valence-corrected chi connectivity index (χ0v) is 18.4. The lowest BCUT2D eigenvalue weighted by Crippen LogP contribution is -2.43. The van der Waals surface area contributed by atoms with Gasteiger partial charge in [0.05, 0.1) is 22.1 Å². The van der Waals surface area contributed by atoms with Gasteiger partial charge in [0.25, 0.3) is 5.56 Å². The molecule has 33 heavy (non-hydrogen) atoms. The fourth-order valence-corrected chi connectivity index (χ4v) is 4.22. The standard InChI is InChI=1S/C22H25N7O4/c1-24-10-13(9-23)16-3-4-17-19(26-16)20-15(11-25-17)21(31)27-22(32)29(20)14-5-7-28(8-6-14)18(30)12-33-2/h3-4,9-11,14H,5-8,12,23H2,1-2H3,(H,27,31,32). The van der Waals surface area contributed by atoms with Gasteiger partial charge in [0, 0.05) is 57.5 Å². The number of carbonyl (C=O) groups excluding carboxylic acids is 1. The Morgan fingerprint density at radius 2 is 2.09 bits per heavy atom. The lowest BCUT2D eigenvalue weighted by atomic mass is 10.0. The molecular weight excluding hydrogens is 426 g/mol. The van der Waals surface area contributed by atoms with E-state index in [2.05, 4.69) is 15.0 Å². The van der Waals surface area contributed by atoms with Crippen LogP contribution in [0.1, 0.15) is 24.6 Å². The van der Waals surface area contributed by atoms with Crippen LogP contribution in [0.15, 0.2) is 39.1 Å². The second-order valence-electron chi connectivity index (χ2n) is 7.77. The number of nitrogens with two attached hydrogens (primary N) is 1. The summed E-state index contributed by atoms with van der Waals surface area (Å²) in [5.41, 5.74) is 7.23. The number of piperidine rings is 1. The highest BCUT2D eigenvalue weighted by Gasteiger charge is 2.27. The highest BCUT2D eigenvalue weighted by molar-refractivity contribution is 6.10. The van der Waals surface area contributed by atoms with Gasteiger partial charge in [0.15, 0.2) is 0 Å². The molecule has 0 saturated carbocycles. The number of carbonyl (C=O) groups is 1. The maximum absolute atomic E-state index is 13.0. The number of hydrogen-bond acceptors (Lipinski definition) is 8. The number of aromatic nitrogens is 4. The fraction of sp³-hybridized carbons (Fsp3) is 0.364. The molecule has 0 bridgehead atoms. The first kappa shape index (κ1) is 22.3. The predicted octanol–water partition coefficient (Wildman–Crippen LogP) is 0.443. The Morgan fingerprint density at radius 1 is 1.33 bits per heavy atom. The van der Waals surface area contributed by atoms with Crippen molar-refractivity contribution in [3.05, 3.63) is 51.1 Å². The van der Waals surface area contributed by atoms with Crippen molar-refractivity contribution >= 4 is 39.6 Å². The highest BCUT2D eigenvalue weighted by Crippen LogP contribution is 2.27. The van der Waals surface area contributed by atoms with Crippen molar-refractivity contribution in [2.24, 2.45) is 10.7 Å². The topological polar surface area (TPSA) is 149 Å². The minimum absolute atomic E-state index is 0.0211. The first-order valence-corrected chi connectivity index (χ1v) is 10.5. The molecule has 11 nitrogen and oxygen atoms in total. The van der Waals surface area contributed by atoms with Gasteiger partial charge in [-0.2, -0.15) is 0 Å². The summed E-state index contributed by atoms with van der Waals surface area (Å²) >= 11 is 0. The molecule has 1 aliphatic rings. The second kappa shape index (κ2) is 9.33. The quantitative estimate of drug-likeness (QED) is 0.422. The minimum atomic E-state index is -0.523. The van der Waals surface area contributed by atoms with Crippen molar-refractivity contribution < 1.29 is 9.53 Å². The number of aliphatic imine (C=N–C) groups is 1. The van der Waals surface area contributed by atoms with E-state index in [1.165, 1.54) is 19.5 Å². The molecule has 0 radical (unpaired) electrons. The molecule has 11 heteroatoms. The fourth-order valence-electron chi connectivity index (χ4n) is 4.22. The third-order valence-electron chi connectivity index (χ3n) is 5.80. The van der Waals surface area contributed by atoms with Crippen molar-refractivity contribution in [2.75, 3.05) is 33.9 Å². The second-order valence-corrected chi connectivity index (χ2v) is 7.77. The van der Waals surface area contributed by atoms with E-state index >= 15 is 0 Å². The molecule has 0 atom stereocenters. The number of methoxy groups -OCH3 is 1. The molecule has 4 rings (SSSR count). The smallest absolute Gasteiger partial charge is 0.329 e. The predicted molar refractivity (Wildman–Crippen MR) is 125 cm³/mol. The van der Waals surface area contributed by atoms with Crippen molar-refractivity contribution in [3.8, 4) is 0 Å². The molecule has 4 heterocycles. The number of hydrogen-bond donors (Lipinski definition) is 2. The number of H-pyrrole nitrogens is 1. The van der Waals surface area contributed by atoms with Gasteiger partial charge in [-0.1, -0.05) is 0 Å². The Hall–Kier alpha value is -3.86. The maximum Gasteiger partial charge on any atom is 0.329 e. The third kappa shape index (κ3) is 4.14. The van der Waals surface area contributed by atoms with Crippen LogP contribution >= 0.6 is 0 Å². The summed E-state index contributed by atoms with van der Waals surface area (Å²) in [6.07, 6.45) is 5.54. The number of likely N-dealkylation sites (tertiary alicyclic amines) is 1. The van der Waals surface area contributed by atoms with Gasteiger partial charge in [-0.05, 0) is 25.0 Å². The highest BCUT2D eigenvalue weighted by atomic mass is 16.5. The van der Waals surface area contributed by atoms with Gasteiger partial charge in [0.2, 0.25) is 5.91 Å². The van der Waals surface area contributed by atoms with E-state index < -0.39 is 11.2 Å². The largest absolute Gasteiger partial charge is 0.404 e. The van der Waals surface area contributed by atoms with Crippen LogP contribution in [0.3, 0.4) is 0 Å². The molecule has 1 aliphatic heterocycles. The van der Waals surface area contributed by atoms with Gasteiger partial charge < -0.3 is 15.4 Å². The Morgan fingerprint density at radius 3 is 2.76 bits per heavy atom. The Bertz CT molecular complexity index is 1380. The van der Waals surface area contributed by atoms with Crippen molar-refractivity contribution in [1.82, 2.24) is 24.4 Å². The van der Waals surface area contributed by atoms with Gasteiger partial charge in [-0.25, -0.2) is 9.78 Å². The number of ether oxygens (including phenoxy) is 1. The normalized spacial score (nSPS) is 15.7. The molecule has 0 unspecified atom stereocenters. The molecule has 0 aliphatic carbocycles. The van der Waals surface area contributed by atoms with Gasteiger partial charge >= 0.3 is 5.69 Å². The molecule has 3 aromatic rings. The lowest BCUT2D eigenvalue weighted by molar-refractivity contribution is -0.136. The molecule has 1 amide bonds. The number of allylic oxidation sites excluding steroid dienone is 1. The van der Waals surface area contributed by atoms with E-state index in [9.17, 15) is 14.4 Å². The number of rotatable bonds is 5. The van der Waals surface area contributed by atoms with Crippen LogP contribution in [0.5, 0.6) is 0 Å². The van der Waals surface area contributed by atoms with E-state index in [1.54, 1.807) is 34.9 Å². The lowest BCUT2D eigenvalue weighted by Gasteiger charge is -2.33. The molecule has 0 aromatic carbocycles. The van der Waals surface area contributed by atoms with Crippen molar-refractivity contribution in [2.45, 2.75) is 18.9 Å². The molecule has 3 N–H and O–H groups in total. The zero-order valence-electron chi connectivity index (χ0n) is 18.4. The van der Waals surface area contributed by atoms with E-state index in [1.807, 2.05) is 0 Å². The van der Waals surface area contributed by atoms with Crippen LogP contribution < -0.4 is 17.0 Å². The summed E-state index contributed by atoms with van der Waals surface area (Å²) < 4.78 is 6.52. The summed E-state index contributed by atoms with van der Waals surface area (Å²) in [5.74, 6) is -0.0886. The molecule has 1 saturated heterocycles. The van der Waals surface area contributed by atoms with Crippen molar-refractivity contribution in [1.29, 1.82) is 0 Å². The van der Waals surface area contributed by atoms with Crippen LogP contribution in [0.2, 0.25) is 0 Å². The molecular formula is C22H25N7O4. The van der Waals surface area contributed by atoms with Gasteiger partial charge in [-0.3, -0.25) is 29.1 Å². The molecule has 0 spiro atoms. The van der Waals surface area contributed by atoms with E-state index in [0.717, 1.165) is 0 Å². The Balaban J connectivity index is 1.88. The minimum Gasteiger partial charge on any atom is -0.404 e. The average molecular weight is 451 g/mol. The van der Waals surface area contributed by atoms with Crippen LogP contribution in [-0.4, -0.2) is 70.4 Å². The number of aromatic amines is 1. The first-order valence-electron chi connectivity index (χ1n) is 10.5. The van der Waals surface area contributed by atoms with Crippen LogP contribution in [0, 0.1) is 0 Å². The van der Waals surface area contributed by atoms with Gasteiger partial charge in [0.1, 0.15) is 12.1 Å². The summed E-state index contributed by atoms with van der Waals surface area (Å²) in [6.45, 7) is 0.983. The number of nitrogens with one attached hydrogen (secondary N) is 1. The van der Waals surface area contributed by atoms with Crippen LogP contribution in [0.4, 0.5) is 0 Å². The first-order chi connectivity index (χ1) is 16.0. The van der Waals surface area contributed by atoms with E-state index in [-0.39, 0.29) is 23.9 Å². The summed E-state index contributed by atoms with van der Waals surface area (Å²) in [5, 5.41) is 0.270. The van der Waals surface area contributed by atoms with E-state index in [4.69, 9.17) is 15.5 Å². The number of amides is 1. The van der Waals surface area contributed by atoms with Crippen LogP contribution in [0.25, 0.3) is 27.5 Å². The van der Waals surface area contributed by atoms with Crippen molar-refractivity contribution in [3.63, 3.8) is 0 Å². The monoisotopic (exact) mass is 451 g/mol. The SMILES string of the molecule is CN=CC(=CN)c1ccc2ncc3c(=O)[nH]c(=O)n(C4CCN(C(=O)COC)CC4)c3c2n1. The number of nitrogens with zero attached hydrogens (tertiary/aromatic N) is 5. The average Bonchev–Trinajstić information content (AvgIpc) is 2.82. The Labute approximate surface area is 188 Å². The number of fused-ring (bicyclic) bond motifs is 3. The molecule has 3 aromatic heterocycles. The summed E-state index contributed by atoms with van der Waals surface area (Å²) in [6, 6.07) is 3.31. The number of pyridine rings is 2. The molecule has 1 fully saturated rings. The van der Waals surface area contributed by atoms with E-state index in [0.29, 0.717) is 53.7 Å². The summed E-state index contributed by atoms with van der Waals surface area (Å²) in [4.78, 5) is 55.0. The Kier molecular flexibility index (Phi) is 6.31. The molecule has 172 valence electrons. The van der Waals surface area contributed by atoms with Crippen LogP contribution in [-0.2, 0) is 9.53 Å².